The highest BCUT2D eigenvalue weighted by Gasteiger charge is 2.76. The van der Waals surface area contributed by atoms with Crippen molar-refractivity contribution in [2.75, 3.05) is 11.8 Å². The molecule has 4 aliphatic carbocycles. The average molecular weight is 387 g/mol. The van der Waals surface area contributed by atoms with Crippen LogP contribution in [0.15, 0.2) is 0 Å². The molecule has 4 saturated carbocycles. The molecule has 4 rings (SSSR count). The summed E-state index contributed by atoms with van der Waals surface area (Å²) in [5, 5.41) is 0. The fourth-order valence-corrected chi connectivity index (χ4v) is 9.63. The first-order valence-electron chi connectivity index (χ1n) is 10.3. The lowest BCUT2D eigenvalue weighted by Crippen LogP contribution is -2.68. The molecule has 0 spiro atoms. The summed E-state index contributed by atoms with van der Waals surface area (Å²) in [5.41, 5.74) is 0.0188. The van der Waals surface area contributed by atoms with E-state index in [1.54, 1.807) is 0 Å². The molecule has 0 saturated heterocycles. The predicted molar refractivity (Wildman–Crippen MR) is 106 cm³/mol. The molecule has 1 nitrogen and oxygen atoms in total. The largest absolute Gasteiger partial charge is 0.364 e. The van der Waals surface area contributed by atoms with Gasteiger partial charge in [-0.05, 0) is 72.0 Å². The van der Waals surface area contributed by atoms with E-state index in [2.05, 4.69) is 41.5 Å². The van der Waals surface area contributed by atoms with E-state index in [0.717, 1.165) is 11.8 Å². The number of hydrogen-bond donors (Lipinski definition) is 0. The van der Waals surface area contributed by atoms with E-state index >= 15 is 0 Å². The smallest absolute Gasteiger partial charge is 0.0932 e. The number of ether oxygens (including phenoxy) is 1. The minimum absolute atomic E-state index is 0.106. The molecule has 4 fully saturated rings. The molecular weight excluding hydrogens is 351 g/mol. The zero-order valence-corrected chi connectivity index (χ0v) is 18.5. The predicted octanol–water partition coefficient (Wildman–Crippen LogP) is 6.65. The molecule has 0 aromatic carbocycles. The summed E-state index contributed by atoms with van der Waals surface area (Å²) in [6, 6.07) is 0. The Morgan fingerprint density at radius 2 is 1.08 bits per heavy atom. The van der Waals surface area contributed by atoms with Crippen LogP contribution in [0.1, 0.15) is 80.1 Å². The lowest BCUT2D eigenvalue weighted by molar-refractivity contribution is -0.288. The molecule has 0 amide bonds. The van der Waals surface area contributed by atoms with Gasteiger partial charge in [0.15, 0.2) is 0 Å². The molecule has 0 aromatic rings. The van der Waals surface area contributed by atoms with Gasteiger partial charge in [0.05, 0.1) is 23.0 Å². The van der Waals surface area contributed by atoms with Gasteiger partial charge in [0.1, 0.15) is 0 Å². The highest BCUT2D eigenvalue weighted by molar-refractivity contribution is 6.19. The Kier molecular flexibility index (Phi) is 3.87. The van der Waals surface area contributed by atoms with Gasteiger partial charge in [0, 0.05) is 0 Å². The quantitative estimate of drug-likeness (QED) is 0.491. The Bertz CT molecular complexity index is 523. The maximum atomic E-state index is 7.49. The molecule has 0 aliphatic heterocycles. The van der Waals surface area contributed by atoms with Crippen LogP contribution in [-0.4, -0.2) is 23.0 Å². The second kappa shape index (κ2) is 5.12. The zero-order chi connectivity index (χ0) is 18.5. The summed E-state index contributed by atoms with van der Waals surface area (Å²) in [6.45, 7) is 14.5. The van der Waals surface area contributed by atoms with E-state index in [1.807, 2.05) is 0 Å². The summed E-state index contributed by atoms with van der Waals surface area (Å²) < 4.78 is 7.49. The SMILES string of the molecule is CC12CCC(C1)C(C)(C)C2(CCl)OC1(CCl)C2(C)CCC(C2)C1(C)C. The molecule has 6 unspecified atom stereocenters. The minimum Gasteiger partial charge on any atom is -0.364 e. The zero-order valence-electron chi connectivity index (χ0n) is 17.0. The van der Waals surface area contributed by atoms with Gasteiger partial charge >= 0.3 is 0 Å². The molecule has 6 atom stereocenters. The number of rotatable bonds is 4. The molecule has 0 N–H and O–H groups in total. The third-order valence-corrected chi connectivity index (χ3v) is 11.0. The van der Waals surface area contributed by atoms with Crippen molar-refractivity contribution in [2.45, 2.75) is 91.3 Å². The summed E-state index contributed by atoms with van der Waals surface area (Å²) in [7, 11) is 0. The highest BCUT2D eigenvalue weighted by Crippen LogP contribution is 2.75. The highest BCUT2D eigenvalue weighted by atomic mass is 35.5. The van der Waals surface area contributed by atoms with Crippen LogP contribution in [0.3, 0.4) is 0 Å². The summed E-state index contributed by atoms with van der Waals surface area (Å²) >= 11 is 13.6. The van der Waals surface area contributed by atoms with Crippen molar-refractivity contribution in [2.24, 2.45) is 33.5 Å². The van der Waals surface area contributed by atoms with E-state index in [9.17, 15) is 0 Å². The van der Waals surface area contributed by atoms with Gasteiger partial charge in [-0.3, -0.25) is 0 Å². The van der Waals surface area contributed by atoms with Crippen LogP contribution in [0.4, 0.5) is 0 Å². The average Bonchev–Trinajstić information content (AvgIpc) is 3.19. The van der Waals surface area contributed by atoms with Gasteiger partial charge in [-0.1, -0.05) is 41.5 Å². The van der Waals surface area contributed by atoms with Crippen molar-refractivity contribution in [3.63, 3.8) is 0 Å². The monoisotopic (exact) mass is 386 g/mol. The van der Waals surface area contributed by atoms with Gasteiger partial charge in [-0.15, -0.1) is 23.2 Å². The van der Waals surface area contributed by atoms with E-state index in [4.69, 9.17) is 27.9 Å². The van der Waals surface area contributed by atoms with Crippen molar-refractivity contribution in [1.82, 2.24) is 0 Å². The second-order valence-electron chi connectivity index (χ2n) is 11.5. The van der Waals surface area contributed by atoms with Gasteiger partial charge in [0.2, 0.25) is 0 Å². The minimum atomic E-state index is -0.274. The summed E-state index contributed by atoms with van der Waals surface area (Å²) in [5.74, 6) is 2.61. The first kappa shape index (κ1) is 18.9. The van der Waals surface area contributed by atoms with Crippen molar-refractivity contribution < 1.29 is 4.74 Å². The van der Waals surface area contributed by atoms with Crippen LogP contribution in [0.5, 0.6) is 0 Å². The lowest BCUT2D eigenvalue weighted by atomic mass is 9.57. The molecule has 0 aromatic heterocycles. The summed E-state index contributed by atoms with van der Waals surface area (Å²) in [6.07, 6.45) is 7.64. The molecule has 4 bridgehead atoms. The second-order valence-corrected chi connectivity index (χ2v) is 12.0. The van der Waals surface area contributed by atoms with Gasteiger partial charge < -0.3 is 4.74 Å². The fourth-order valence-electron chi connectivity index (χ4n) is 8.19. The topological polar surface area (TPSA) is 9.23 Å². The van der Waals surface area contributed by atoms with Crippen molar-refractivity contribution in [3.8, 4) is 0 Å². The van der Waals surface area contributed by atoms with Crippen LogP contribution in [0.25, 0.3) is 0 Å². The van der Waals surface area contributed by atoms with Crippen LogP contribution in [-0.2, 0) is 4.74 Å². The Labute approximate surface area is 164 Å². The molecule has 3 heteroatoms. The van der Waals surface area contributed by atoms with Gasteiger partial charge in [-0.25, -0.2) is 0 Å². The molecule has 144 valence electrons. The van der Waals surface area contributed by atoms with Crippen molar-refractivity contribution in [1.29, 1.82) is 0 Å². The number of hydrogen-bond acceptors (Lipinski definition) is 1. The molecular formula is C22H36Cl2O. The molecule has 25 heavy (non-hydrogen) atoms. The third kappa shape index (κ3) is 1.83. The van der Waals surface area contributed by atoms with E-state index in [0.29, 0.717) is 11.8 Å². The van der Waals surface area contributed by atoms with Crippen LogP contribution < -0.4 is 0 Å². The Balaban J connectivity index is 1.84. The first-order chi connectivity index (χ1) is 11.5. The Morgan fingerprint density at radius 1 is 0.720 bits per heavy atom. The molecule has 0 heterocycles. The number of fused-ring (bicyclic) bond motifs is 4. The van der Waals surface area contributed by atoms with Gasteiger partial charge in [0.25, 0.3) is 0 Å². The summed E-state index contributed by atoms with van der Waals surface area (Å²) in [4.78, 5) is 0. The standard InChI is InChI=1S/C22H36Cl2O/c1-17(2)15-7-9-19(5,11-15)21(17,13-23)25-22(14-24)18(3,4)16-8-10-20(22,6)12-16/h15-16H,7-14H2,1-6H3. The maximum absolute atomic E-state index is 7.49. The van der Waals surface area contributed by atoms with Crippen LogP contribution in [0.2, 0.25) is 0 Å². The Morgan fingerprint density at radius 3 is 1.32 bits per heavy atom. The number of halogens is 2. The molecule has 0 radical (unpaired) electrons. The van der Waals surface area contributed by atoms with Crippen molar-refractivity contribution in [3.05, 3.63) is 0 Å². The third-order valence-electron chi connectivity index (χ3n) is 10.3. The number of alkyl halides is 2. The van der Waals surface area contributed by atoms with E-state index in [1.165, 1.54) is 38.5 Å². The van der Waals surface area contributed by atoms with E-state index < -0.39 is 0 Å². The van der Waals surface area contributed by atoms with Crippen LogP contribution >= 0.6 is 23.2 Å². The first-order valence-corrected chi connectivity index (χ1v) is 11.3. The van der Waals surface area contributed by atoms with E-state index in [-0.39, 0.29) is 32.9 Å². The van der Waals surface area contributed by atoms with Crippen LogP contribution in [0, 0.1) is 33.5 Å². The fraction of sp³-hybridized carbons (Fsp3) is 1.00. The lowest BCUT2D eigenvalue weighted by Gasteiger charge is -2.62. The van der Waals surface area contributed by atoms with Gasteiger partial charge in [-0.2, -0.15) is 0 Å². The Hall–Kier alpha value is 0.540. The molecule has 4 aliphatic rings. The maximum Gasteiger partial charge on any atom is 0.0932 e. The van der Waals surface area contributed by atoms with Crippen molar-refractivity contribution >= 4 is 23.2 Å². The normalized spacial score (nSPS) is 55.2.